The molecule has 0 aromatic carbocycles. The average molecular weight is 634 g/mol. The van der Waals surface area contributed by atoms with Crippen LogP contribution in [0.2, 0.25) is 0 Å². The fourth-order valence-electron chi connectivity index (χ4n) is 14.7. The van der Waals surface area contributed by atoms with Gasteiger partial charge in [0.15, 0.2) is 0 Å². The van der Waals surface area contributed by atoms with Crippen molar-refractivity contribution < 1.29 is 14.3 Å². The first-order valence-electron chi connectivity index (χ1n) is 19.2. The van der Waals surface area contributed by atoms with Gasteiger partial charge in [0.25, 0.3) is 0 Å². The summed E-state index contributed by atoms with van der Waals surface area (Å²) >= 11 is 0. The van der Waals surface area contributed by atoms with Crippen LogP contribution in [0.1, 0.15) is 157 Å². The Balaban J connectivity index is 1.10. The molecule has 256 valence electrons. The van der Waals surface area contributed by atoms with Crippen molar-refractivity contribution in [2.75, 3.05) is 0 Å². The molecule has 6 nitrogen and oxygen atoms in total. The molecule has 2 N–H and O–H groups in total. The van der Waals surface area contributed by atoms with Gasteiger partial charge in [-0.2, -0.15) is 0 Å². The second-order valence-corrected chi connectivity index (χ2v) is 20.3. The third-order valence-electron chi connectivity index (χ3n) is 18.2. The van der Waals surface area contributed by atoms with E-state index >= 15 is 0 Å². The lowest BCUT2D eigenvalue weighted by Gasteiger charge is -2.73. The van der Waals surface area contributed by atoms with Crippen LogP contribution in [-0.2, 0) is 4.79 Å². The molecule has 7 aliphatic rings. The van der Waals surface area contributed by atoms with E-state index in [1.807, 2.05) is 6.92 Å². The Kier molecular flexibility index (Phi) is 6.66. The summed E-state index contributed by atoms with van der Waals surface area (Å²) in [6, 6.07) is 0.143. The monoisotopic (exact) mass is 633 g/mol. The lowest BCUT2D eigenvalue weighted by molar-refractivity contribution is -0.248. The highest BCUT2D eigenvalue weighted by molar-refractivity contribution is 5.84. The summed E-state index contributed by atoms with van der Waals surface area (Å²) in [7, 11) is 0. The molecule has 12 atom stereocenters. The van der Waals surface area contributed by atoms with Crippen molar-refractivity contribution in [1.29, 1.82) is 0 Å². The topological polar surface area (TPSA) is 88.2 Å². The zero-order valence-electron chi connectivity index (χ0n) is 30.5. The van der Waals surface area contributed by atoms with Crippen molar-refractivity contribution in [2.24, 2.45) is 67.5 Å². The Bertz CT molecular complexity index is 1410. The van der Waals surface area contributed by atoms with Crippen LogP contribution < -0.4 is 5.32 Å². The van der Waals surface area contributed by atoms with Crippen LogP contribution in [0.25, 0.3) is 0 Å². The third-order valence-corrected chi connectivity index (χ3v) is 18.2. The van der Waals surface area contributed by atoms with Crippen LogP contribution in [0.5, 0.6) is 0 Å². The van der Waals surface area contributed by atoms with Gasteiger partial charge in [-0.25, -0.2) is 0 Å². The van der Waals surface area contributed by atoms with Crippen LogP contribution >= 0.6 is 0 Å². The summed E-state index contributed by atoms with van der Waals surface area (Å²) in [5.41, 5.74) is 0.895. The van der Waals surface area contributed by atoms with Crippen molar-refractivity contribution >= 4 is 5.91 Å². The van der Waals surface area contributed by atoms with Crippen LogP contribution in [0, 0.1) is 74.4 Å². The third kappa shape index (κ3) is 3.89. The number of aryl methyl sites for hydroxylation is 1. The first-order chi connectivity index (χ1) is 21.4. The minimum absolute atomic E-state index is 0.0142. The van der Waals surface area contributed by atoms with Gasteiger partial charge in [-0.1, -0.05) is 55.4 Å². The summed E-state index contributed by atoms with van der Waals surface area (Å²) in [5, 5.41) is 23.3. The van der Waals surface area contributed by atoms with Crippen molar-refractivity contribution in [3.8, 4) is 0 Å². The van der Waals surface area contributed by atoms with E-state index in [0.717, 1.165) is 31.6 Å². The lowest BCUT2D eigenvalue weighted by Crippen LogP contribution is -2.68. The number of amides is 1. The van der Waals surface area contributed by atoms with E-state index in [0.29, 0.717) is 46.8 Å². The Hall–Kier alpha value is -1.43. The summed E-state index contributed by atoms with van der Waals surface area (Å²) in [4.78, 5) is 14.9. The Morgan fingerprint density at radius 3 is 2.15 bits per heavy atom. The number of rotatable bonds is 4. The van der Waals surface area contributed by atoms with Gasteiger partial charge < -0.3 is 14.8 Å². The van der Waals surface area contributed by atoms with Crippen LogP contribution in [-0.4, -0.2) is 33.4 Å². The predicted molar refractivity (Wildman–Crippen MR) is 180 cm³/mol. The molecule has 0 radical (unpaired) electrons. The molecule has 0 saturated heterocycles. The fourth-order valence-corrected chi connectivity index (χ4v) is 14.7. The first-order valence-corrected chi connectivity index (χ1v) is 19.2. The quantitative estimate of drug-likeness (QED) is 0.347. The molecule has 1 aromatic heterocycles. The van der Waals surface area contributed by atoms with Crippen molar-refractivity contribution in [2.45, 2.75) is 164 Å². The number of hydrogen-bond acceptors (Lipinski definition) is 5. The first kappa shape index (κ1) is 31.8. The van der Waals surface area contributed by atoms with Gasteiger partial charge in [0.05, 0.1) is 11.5 Å². The Morgan fingerprint density at radius 2 is 1.50 bits per heavy atom. The van der Waals surface area contributed by atoms with Gasteiger partial charge >= 0.3 is 0 Å². The number of aromatic nitrogens is 2. The SMILES string of the molecule is Cc1nnc([C@H]2C[C@@H](NC(=O)[C@]34CC[C@@H](C5(C)CC5)[C@@H]3[C@H]3CC[C@@H]5[C@@]6(C)CC[C@H](O)C(C)(C)[C@@H]6CC[C@@]5(C)[C@]3(C)CC4)C2(C)C)o1. The van der Waals surface area contributed by atoms with Gasteiger partial charge in [0.1, 0.15) is 0 Å². The van der Waals surface area contributed by atoms with E-state index in [-0.39, 0.29) is 50.6 Å². The number of aliphatic hydroxyl groups excluding tert-OH is 1. The maximum atomic E-state index is 14.9. The highest BCUT2D eigenvalue weighted by atomic mass is 16.4. The number of carbonyl (C=O) groups is 1. The second-order valence-electron chi connectivity index (χ2n) is 20.3. The van der Waals surface area contributed by atoms with E-state index < -0.39 is 0 Å². The van der Waals surface area contributed by atoms with E-state index in [1.54, 1.807) is 0 Å². The lowest BCUT2D eigenvalue weighted by atomic mass is 9.32. The van der Waals surface area contributed by atoms with Gasteiger partial charge in [0, 0.05) is 18.9 Å². The summed E-state index contributed by atoms with van der Waals surface area (Å²) < 4.78 is 5.85. The summed E-state index contributed by atoms with van der Waals surface area (Å²) in [6.45, 7) is 21.7. The molecule has 8 rings (SSSR count). The van der Waals surface area contributed by atoms with Gasteiger partial charge in [-0.05, 0) is 146 Å². The number of nitrogens with zero attached hydrogens (tertiary/aromatic N) is 2. The van der Waals surface area contributed by atoms with Gasteiger partial charge in [0.2, 0.25) is 17.7 Å². The van der Waals surface area contributed by atoms with E-state index in [1.165, 1.54) is 57.8 Å². The molecule has 0 spiro atoms. The van der Waals surface area contributed by atoms with Gasteiger partial charge in [-0.3, -0.25) is 4.79 Å². The minimum Gasteiger partial charge on any atom is -0.425 e. The number of carbonyl (C=O) groups excluding carboxylic acids is 1. The van der Waals surface area contributed by atoms with Crippen LogP contribution in [0.3, 0.4) is 0 Å². The van der Waals surface area contributed by atoms with Crippen molar-refractivity contribution in [3.63, 3.8) is 0 Å². The highest BCUT2D eigenvalue weighted by Crippen LogP contribution is 2.79. The molecule has 1 aromatic rings. The fraction of sp³-hybridized carbons (Fsp3) is 0.925. The molecule has 7 fully saturated rings. The Labute approximate surface area is 278 Å². The number of aliphatic hydroxyl groups is 1. The summed E-state index contributed by atoms with van der Waals surface area (Å²) in [6.07, 6.45) is 15.1. The molecule has 7 aliphatic carbocycles. The summed E-state index contributed by atoms with van der Waals surface area (Å²) in [5.74, 6) is 4.97. The van der Waals surface area contributed by atoms with E-state index in [4.69, 9.17) is 4.42 Å². The number of hydrogen-bond donors (Lipinski definition) is 2. The highest BCUT2D eigenvalue weighted by Gasteiger charge is 2.73. The van der Waals surface area contributed by atoms with Crippen LogP contribution in [0.4, 0.5) is 0 Å². The number of fused-ring (bicyclic) bond motifs is 7. The average Bonchev–Trinajstić information content (AvgIpc) is 3.39. The normalized spacial score (nSPS) is 51.1. The smallest absolute Gasteiger partial charge is 0.226 e. The zero-order chi connectivity index (χ0) is 32.9. The molecule has 1 amide bonds. The zero-order valence-corrected chi connectivity index (χ0v) is 30.5. The van der Waals surface area contributed by atoms with E-state index in [2.05, 4.69) is 70.9 Å². The second kappa shape index (κ2) is 9.63. The minimum atomic E-state index is -0.232. The molecular weight excluding hydrogens is 570 g/mol. The maximum Gasteiger partial charge on any atom is 0.226 e. The predicted octanol–water partition coefficient (Wildman–Crippen LogP) is 8.62. The van der Waals surface area contributed by atoms with E-state index in [9.17, 15) is 9.90 Å². The van der Waals surface area contributed by atoms with Gasteiger partial charge in [-0.15, -0.1) is 10.2 Å². The number of nitrogens with one attached hydrogen (secondary N) is 1. The molecule has 0 aliphatic heterocycles. The molecule has 0 unspecified atom stereocenters. The molecule has 0 bridgehead atoms. The maximum absolute atomic E-state index is 14.9. The molecular formula is C40H63N3O3. The Morgan fingerprint density at radius 1 is 0.761 bits per heavy atom. The van der Waals surface area contributed by atoms with Crippen molar-refractivity contribution in [3.05, 3.63) is 11.8 Å². The molecule has 1 heterocycles. The molecule has 46 heavy (non-hydrogen) atoms. The largest absolute Gasteiger partial charge is 0.425 e. The van der Waals surface area contributed by atoms with Crippen LogP contribution in [0.15, 0.2) is 4.42 Å². The molecule has 7 saturated carbocycles. The molecule has 6 heteroatoms. The standard InChI is InChI=1S/C40H63N3O3/c1-23-42-43-32(46-23)26-22-29(34(26,2)3)41-33(45)40-17-12-24(36(6)18-19-36)31(40)25-10-11-28-37(7)15-14-30(44)35(4,5)27(37)13-16-39(28,9)38(25,8)20-21-40/h24-31,44H,10-22H2,1-9H3,(H,41,45)/t24-,25-,26-,27+,28-,29-,30+,31-,37+,38-,39-,40+/m1/s1. The van der Waals surface area contributed by atoms with Crippen molar-refractivity contribution in [1.82, 2.24) is 15.5 Å².